The molecule has 1 amide bonds. The Morgan fingerprint density at radius 3 is 2.81 bits per heavy atom. The molecule has 1 aromatic carbocycles. The number of carbonyl (C=O) groups excluding carboxylic acids is 1. The fourth-order valence-electron chi connectivity index (χ4n) is 1.89. The Hall–Kier alpha value is -2.50. The van der Waals surface area contributed by atoms with Crippen LogP contribution in [0.3, 0.4) is 0 Å². The number of hydrogen-bond acceptors (Lipinski definition) is 3. The van der Waals surface area contributed by atoms with E-state index in [1.807, 2.05) is 0 Å². The first-order valence-corrected chi connectivity index (χ1v) is 6.61. The maximum absolute atomic E-state index is 13.4. The van der Waals surface area contributed by atoms with Crippen molar-refractivity contribution in [3.63, 3.8) is 0 Å². The number of aromatic nitrogens is 2. The Kier molecular flexibility index (Phi) is 4.81. The standard InChI is InChI=1S/C15H16FN3O2/c1-11-6-7-15(21)19(18-11)9-8-17-14(20)10-12-4-2-3-5-13(12)16/h2-7H,8-10H2,1H3,(H,17,20). The normalized spacial score (nSPS) is 10.4. The monoisotopic (exact) mass is 289 g/mol. The van der Waals surface area contributed by atoms with E-state index in [0.717, 1.165) is 5.69 Å². The van der Waals surface area contributed by atoms with Crippen LogP contribution in [0.5, 0.6) is 0 Å². The third kappa shape index (κ3) is 4.24. The highest BCUT2D eigenvalue weighted by Crippen LogP contribution is 2.06. The third-order valence-corrected chi connectivity index (χ3v) is 2.95. The van der Waals surface area contributed by atoms with Crippen molar-refractivity contribution >= 4 is 5.91 Å². The van der Waals surface area contributed by atoms with Crippen LogP contribution in [0.4, 0.5) is 4.39 Å². The molecule has 0 saturated carbocycles. The summed E-state index contributed by atoms with van der Waals surface area (Å²) >= 11 is 0. The van der Waals surface area contributed by atoms with E-state index >= 15 is 0 Å². The van der Waals surface area contributed by atoms with Gasteiger partial charge in [0.05, 0.1) is 18.7 Å². The predicted molar refractivity (Wildman–Crippen MR) is 76.3 cm³/mol. The molecule has 0 bridgehead atoms. The summed E-state index contributed by atoms with van der Waals surface area (Å²) in [6.07, 6.45) is -0.0250. The van der Waals surface area contributed by atoms with Gasteiger partial charge in [-0.25, -0.2) is 9.07 Å². The molecule has 21 heavy (non-hydrogen) atoms. The summed E-state index contributed by atoms with van der Waals surface area (Å²) in [5.74, 6) is -0.690. The quantitative estimate of drug-likeness (QED) is 0.895. The van der Waals surface area contributed by atoms with Gasteiger partial charge in [-0.3, -0.25) is 9.59 Å². The average Bonchev–Trinajstić information content (AvgIpc) is 2.45. The third-order valence-electron chi connectivity index (χ3n) is 2.95. The highest BCUT2D eigenvalue weighted by atomic mass is 19.1. The maximum Gasteiger partial charge on any atom is 0.266 e. The fourth-order valence-corrected chi connectivity index (χ4v) is 1.89. The number of benzene rings is 1. The zero-order valence-electron chi connectivity index (χ0n) is 11.7. The van der Waals surface area contributed by atoms with Crippen LogP contribution in [0.2, 0.25) is 0 Å². The van der Waals surface area contributed by atoms with Gasteiger partial charge in [-0.2, -0.15) is 5.10 Å². The zero-order chi connectivity index (χ0) is 15.2. The number of hydrogen-bond donors (Lipinski definition) is 1. The van der Waals surface area contributed by atoms with Crippen LogP contribution in [0, 0.1) is 12.7 Å². The van der Waals surface area contributed by atoms with E-state index in [9.17, 15) is 14.0 Å². The number of aryl methyl sites for hydroxylation is 1. The summed E-state index contributed by atoms with van der Waals surface area (Å²) in [6, 6.07) is 9.22. The molecule has 1 heterocycles. The van der Waals surface area contributed by atoms with Crippen molar-refractivity contribution in [2.75, 3.05) is 6.54 Å². The molecule has 0 aliphatic carbocycles. The molecule has 2 aromatic rings. The van der Waals surface area contributed by atoms with E-state index in [1.165, 1.54) is 16.8 Å². The summed E-state index contributed by atoms with van der Waals surface area (Å²) in [5, 5.41) is 6.71. The molecule has 0 unspecified atom stereocenters. The Bertz CT molecular complexity index is 697. The summed E-state index contributed by atoms with van der Waals surface area (Å²) in [5.41, 5.74) is 0.858. The number of nitrogens with zero attached hydrogens (tertiary/aromatic N) is 2. The lowest BCUT2D eigenvalue weighted by atomic mass is 10.1. The van der Waals surface area contributed by atoms with Crippen LogP contribution >= 0.6 is 0 Å². The van der Waals surface area contributed by atoms with E-state index in [2.05, 4.69) is 10.4 Å². The van der Waals surface area contributed by atoms with Gasteiger partial charge in [-0.1, -0.05) is 18.2 Å². The van der Waals surface area contributed by atoms with Crippen LogP contribution in [0.15, 0.2) is 41.2 Å². The highest BCUT2D eigenvalue weighted by molar-refractivity contribution is 5.78. The predicted octanol–water partition coefficient (Wildman–Crippen LogP) is 1.05. The van der Waals surface area contributed by atoms with E-state index in [-0.39, 0.29) is 31.0 Å². The van der Waals surface area contributed by atoms with Crippen molar-refractivity contribution < 1.29 is 9.18 Å². The van der Waals surface area contributed by atoms with Gasteiger partial charge in [0.2, 0.25) is 5.91 Å². The second-order valence-electron chi connectivity index (χ2n) is 4.65. The van der Waals surface area contributed by atoms with Crippen molar-refractivity contribution in [1.82, 2.24) is 15.1 Å². The first-order chi connectivity index (χ1) is 10.1. The van der Waals surface area contributed by atoms with Gasteiger partial charge in [0, 0.05) is 12.6 Å². The van der Waals surface area contributed by atoms with Crippen molar-refractivity contribution in [1.29, 1.82) is 0 Å². The minimum absolute atomic E-state index is 0.0250. The summed E-state index contributed by atoms with van der Waals surface area (Å²) in [6.45, 7) is 2.33. The van der Waals surface area contributed by atoms with E-state index in [1.54, 1.807) is 31.2 Å². The molecular weight excluding hydrogens is 273 g/mol. The summed E-state index contributed by atoms with van der Waals surface area (Å²) in [4.78, 5) is 23.2. The van der Waals surface area contributed by atoms with Crippen molar-refractivity contribution in [2.45, 2.75) is 19.9 Å². The molecule has 2 rings (SSSR count). The molecule has 0 aliphatic heterocycles. The molecule has 0 spiro atoms. The van der Waals surface area contributed by atoms with Crippen LogP contribution < -0.4 is 10.9 Å². The van der Waals surface area contributed by atoms with Crippen LogP contribution in [0.1, 0.15) is 11.3 Å². The molecule has 0 fully saturated rings. The molecule has 0 radical (unpaired) electrons. The molecule has 0 atom stereocenters. The SMILES string of the molecule is Cc1ccc(=O)n(CCNC(=O)Cc2ccccc2F)n1. The highest BCUT2D eigenvalue weighted by Gasteiger charge is 2.07. The second kappa shape index (κ2) is 6.78. The Labute approximate surface area is 121 Å². The van der Waals surface area contributed by atoms with Crippen LogP contribution in [-0.2, 0) is 17.8 Å². The number of rotatable bonds is 5. The van der Waals surface area contributed by atoms with Gasteiger partial charge in [-0.05, 0) is 24.6 Å². The average molecular weight is 289 g/mol. The lowest BCUT2D eigenvalue weighted by Crippen LogP contribution is -2.32. The molecule has 1 aromatic heterocycles. The van der Waals surface area contributed by atoms with E-state index in [4.69, 9.17) is 0 Å². The van der Waals surface area contributed by atoms with Gasteiger partial charge in [0.15, 0.2) is 0 Å². The van der Waals surface area contributed by atoms with E-state index < -0.39 is 5.82 Å². The number of carbonyl (C=O) groups is 1. The lowest BCUT2D eigenvalue weighted by molar-refractivity contribution is -0.120. The lowest BCUT2D eigenvalue weighted by Gasteiger charge is -2.07. The first kappa shape index (κ1) is 14.9. The smallest absolute Gasteiger partial charge is 0.266 e. The van der Waals surface area contributed by atoms with Crippen molar-refractivity contribution in [3.8, 4) is 0 Å². The van der Waals surface area contributed by atoms with E-state index in [0.29, 0.717) is 5.56 Å². The largest absolute Gasteiger partial charge is 0.354 e. The van der Waals surface area contributed by atoms with Gasteiger partial charge in [0.25, 0.3) is 5.56 Å². The first-order valence-electron chi connectivity index (χ1n) is 6.61. The van der Waals surface area contributed by atoms with Gasteiger partial charge in [-0.15, -0.1) is 0 Å². The molecule has 110 valence electrons. The molecule has 0 aliphatic rings. The van der Waals surface area contributed by atoms with Gasteiger partial charge < -0.3 is 5.32 Å². The zero-order valence-corrected chi connectivity index (χ0v) is 11.7. The molecular formula is C15H16FN3O2. The topological polar surface area (TPSA) is 64.0 Å². The van der Waals surface area contributed by atoms with Crippen LogP contribution in [0.25, 0.3) is 0 Å². The number of halogens is 1. The van der Waals surface area contributed by atoms with Crippen molar-refractivity contribution in [3.05, 3.63) is 63.8 Å². The second-order valence-corrected chi connectivity index (χ2v) is 4.65. The molecule has 5 nitrogen and oxygen atoms in total. The Morgan fingerprint density at radius 2 is 2.05 bits per heavy atom. The maximum atomic E-state index is 13.4. The molecule has 1 N–H and O–H groups in total. The Balaban J connectivity index is 1.86. The van der Waals surface area contributed by atoms with Crippen molar-refractivity contribution in [2.24, 2.45) is 0 Å². The minimum atomic E-state index is -0.399. The van der Waals surface area contributed by atoms with Gasteiger partial charge in [0.1, 0.15) is 5.82 Å². The number of amides is 1. The molecule has 0 saturated heterocycles. The number of nitrogens with one attached hydrogen (secondary N) is 1. The van der Waals surface area contributed by atoms with Gasteiger partial charge >= 0.3 is 0 Å². The summed E-state index contributed by atoms with van der Waals surface area (Å²) in [7, 11) is 0. The fraction of sp³-hybridized carbons (Fsp3) is 0.267. The Morgan fingerprint density at radius 1 is 1.29 bits per heavy atom. The molecule has 6 heteroatoms. The summed E-state index contributed by atoms with van der Waals surface area (Å²) < 4.78 is 14.7. The van der Waals surface area contributed by atoms with Crippen LogP contribution in [-0.4, -0.2) is 22.2 Å². The minimum Gasteiger partial charge on any atom is -0.354 e.